The third-order valence-corrected chi connectivity index (χ3v) is 8.50. The van der Waals surface area contributed by atoms with Crippen LogP contribution in [0.5, 0.6) is 11.5 Å². The van der Waals surface area contributed by atoms with Gasteiger partial charge in [0.1, 0.15) is 18.2 Å². The molecule has 6 aliphatic rings. The number of anilines is 2. The van der Waals surface area contributed by atoms with Gasteiger partial charge >= 0.3 is 0 Å². The molecule has 9 rings (SSSR count). The highest BCUT2D eigenvalue weighted by molar-refractivity contribution is 6.42. The number of nitrogens with zero attached hydrogens (tertiary/aromatic N) is 3. The second-order valence-corrected chi connectivity index (χ2v) is 10.9. The lowest BCUT2D eigenvalue weighted by atomic mass is 9.42. The molecule has 38 heavy (non-hydrogen) atoms. The SMILES string of the molecule is C=CC(=O)N1C23CC(Oc4cc5c(Nc6ccc(Cl)c(Cl)c6F)ncnc5cc4OCCCO)CC1(C2)C3. The summed E-state index contributed by atoms with van der Waals surface area (Å²) < 4.78 is 27.2. The van der Waals surface area contributed by atoms with E-state index in [1.54, 1.807) is 12.1 Å². The van der Waals surface area contributed by atoms with E-state index in [0.29, 0.717) is 54.1 Å². The predicted molar refractivity (Wildman–Crippen MR) is 142 cm³/mol. The highest BCUT2D eigenvalue weighted by atomic mass is 35.5. The number of aliphatic hydroxyl groups is 1. The Kier molecular flexibility index (Phi) is 6.13. The third kappa shape index (κ3) is 3.87. The van der Waals surface area contributed by atoms with Crippen LogP contribution in [0.3, 0.4) is 0 Å². The maximum Gasteiger partial charge on any atom is 0.246 e. The standard InChI is InChI=1S/C27H25Cl2FN4O4/c1-2-22(36)34-26-10-15(11-27(34,12-26)13-26)38-21-8-16-19(9-20(21)37-7-3-6-35)31-14-32-25(16)33-18-5-4-17(28)23(29)24(18)30/h2,4-5,8-9,14-15,35H,1,3,6-7,10-13H2,(H,31,32,33). The number of nitrogens with one attached hydrogen (secondary N) is 1. The van der Waals surface area contributed by atoms with Gasteiger partial charge in [0.15, 0.2) is 17.3 Å². The van der Waals surface area contributed by atoms with Crippen LogP contribution in [-0.2, 0) is 4.79 Å². The minimum absolute atomic E-state index is 0.00391. The number of rotatable bonds is 9. The number of aliphatic hydroxyl groups excluding tert-OH is 1. The molecule has 0 unspecified atom stereocenters. The molecule has 0 radical (unpaired) electrons. The molecule has 3 saturated carbocycles. The van der Waals surface area contributed by atoms with Crippen molar-refractivity contribution >= 4 is 51.5 Å². The third-order valence-electron chi connectivity index (χ3n) is 7.72. The molecule has 0 atom stereocenters. The number of hydrogen-bond acceptors (Lipinski definition) is 7. The van der Waals surface area contributed by atoms with E-state index in [4.69, 9.17) is 32.7 Å². The summed E-state index contributed by atoms with van der Waals surface area (Å²) in [6, 6.07) is 6.50. The van der Waals surface area contributed by atoms with E-state index < -0.39 is 5.82 Å². The molecule has 1 aromatic heterocycles. The summed E-state index contributed by atoms with van der Waals surface area (Å²) in [5.41, 5.74) is 0.347. The first-order valence-electron chi connectivity index (χ1n) is 12.4. The summed E-state index contributed by atoms with van der Waals surface area (Å²) in [5, 5.41) is 12.7. The van der Waals surface area contributed by atoms with E-state index in [9.17, 15) is 14.3 Å². The molecule has 2 N–H and O–H groups in total. The van der Waals surface area contributed by atoms with Crippen molar-refractivity contribution in [3.8, 4) is 11.5 Å². The largest absolute Gasteiger partial charge is 0.490 e. The number of fused-ring (bicyclic) bond motifs is 1. The summed E-state index contributed by atoms with van der Waals surface area (Å²) in [6.07, 6.45) is 6.51. The van der Waals surface area contributed by atoms with Crippen LogP contribution in [0.25, 0.3) is 10.9 Å². The van der Waals surface area contributed by atoms with Crippen molar-refractivity contribution in [2.75, 3.05) is 18.5 Å². The van der Waals surface area contributed by atoms with Crippen LogP contribution in [-0.4, -0.2) is 56.3 Å². The Labute approximate surface area is 228 Å². The van der Waals surface area contributed by atoms with Gasteiger partial charge in [0.25, 0.3) is 0 Å². The molecule has 198 valence electrons. The number of amides is 1. The van der Waals surface area contributed by atoms with Crippen molar-refractivity contribution in [2.24, 2.45) is 0 Å². The predicted octanol–water partition coefficient (Wildman–Crippen LogP) is 5.42. The van der Waals surface area contributed by atoms with Crippen LogP contribution in [0, 0.1) is 5.82 Å². The molecule has 6 fully saturated rings. The van der Waals surface area contributed by atoms with Gasteiger partial charge in [-0.1, -0.05) is 29.8 Å². The normalized spacial score (nSPS) is 24.8. The average Bonchev–Trinajstić information content (AvgIpc) is 2.89. The second-order valence-electron chi connectivity index (χ2n) is 10.1. The monoisotopic (exact) mass is 558 g/mol. The van der Waals surface area contributed by atoms with Crippen LogP contribution >= 0.6 is 23.2 Å². The summed E-state index contributed by atoms with van der Waals surface area (Å²) in [7, 11) is 0. The number of carbonyl (C=O) groups excluding carboxylic acids is 1. The Hall–Kier alpha value is -3.14. The molecule has 1 amide bonds. The van der Waals surface area contributed by atoms with E-state index in [1.807, 2.05) is 4.90 Å². The molecular weight excluding hydrogens is 534 g/mol. The Morgan fingerprint density at radius 2 is 2.00 bits per heavy atom. The van der Waals surface area contributed by atoms with Crippen molar-refractivity contribution < 1.29 is 23.8 Å². The molecule has 3 saturated heterocycles. The summed E-state index contributed by atoms with van der Waals surface area (Å²) >= 11 is 11.9. The Bertz CT molecular complexity index is 1440. The number of benzene rings is 2. The second kappa shape index (κ2) is 9.25. The Morgan fingerprint density at radius 3 is 2.71 bits per heavy atom. The first-order valence-corrected chi connectivity index (χ1v) is 13.1. The molecule has 8 nitrogen and oxygen atoms in total. The highest BCUT2D eigenvalue weighted by Gasteiger charge is 2.79. The number of piperidine rings is 1. The van der Waals surface area contributed by atoms with Gasteiger partial charge in [-0.2, -0.15) is 0 Å². The molecule has 3 aliphatic carbocycles. The fourth-order valence-corrected chi connectivity index (χ4v) is 6.70. The van der Waals surface area contributed by atoms with Crippen LogP contribution in [0.15, 0.2) is 43.2 Å². The van der Waals surface area contributed by atoms with Crippen LogP contribution < -0.4 is 14.8 Å². The van der Waals surface area contributed by atoms with Crippen molar-refractivity contribution in [3.05, 3.63) is 59.1 Å². The first-order chi connectivity index (χ1) is 18.3. The molecule has 2 bridgehead atoms. The van der Waals surface area contributed by atoms with Gasteiger partial charge in [0.05, 0.1) is 38.9 Å². The van der Waals surface area contributed by atoms with E-state index in [0.717, 1.165) is 12.8 Å². The molecule has 3 aromatic rings. The molecule has 3 aliphatic heterocycles. The van der Waals surface area contributed by atoms with E-state index in [1.165, 1.54) is 24.5 Å². The Morgan fingerprint density at radius 1 is 1.24 bits per heavy atom. The topological polar surface area (TPSA) is 96.8 Å². The van der Waals surface area contributed by atoms with Gasteiger partial charge < -0.3 is 24.8 Å². The van der Waals surface area contributed by atoms with Gasteiger partial charge in [0, 0.05) is 37.3 Å². The van der Waals surface area contributed by atoms with Gasteiger partial charge in [-0.3, -0.25) is 4.79 Å². The van der Waals surface area contributed by atoms with Gasteiger partial charge in [-0.25, -0.2) is 14.4 Å². The van der Waals surface area contributed by atoms with Gasteiger partial charge in [-0.15, -0.1) is 0 Å². The van der Waals surface area contributed by atoms with Crippen molar-refractivity contribution in [1.29, 1.82) is 0 Å². The Balaban J connectivity index is 1.32. The van der Waals surface area contributed by atoms with E-state index in [-0.39, 0.29) is 45.4 Å². The highest BCUT2D eigenvalue weighted by Crippen LogP contribution is 2.71. The molecule has 4 heterocycles. The number of hydrogen-bond donors (Lipinski definition) is 2. The molecule has 11 heteroatoms. The number of halogens is 3. The average molecular weight is 559 g/mol. The lowest BCUT2D eigenvalue weighted by molar-refractivity contribution is -0.301. The lowest BCUT2D eigenvalue weighted by Crippen LogP contribution is -2.91. The maximum atomic E-state index is 14.7. The summed E-state index contributed by atoms with van der Waals surface area (Å²) in [4.78, 5) is 23.0. The zero-order valence-electron chi connectivity index (χ0n) is 20.3. The van der Waals surface area contributed by atoms with Crippen LogP contribution in [0.2, 0.25) is 10.0 Å². The number of ether oxygens (including phenoxy) is 2. The molecule has 2 aromatic carbocycles. The van der Waals surface area contributed by atoms with Crippen LogP contribution in [0.1, 0.15) is 32.1 Å². The van der Waals surface area contributed by atoms with Gasteiger partial charge in [-0.05, 0) is 37.1 Å². The zero-order valence-corrected chi connectivity index (χ0v) is 21.9. The number of carbonyl (C=O) groups is 1. The quantitative estimate of drug-likeness (QED) is 0.205. The maximum absolute atomic E-state index is 14.7. The van der Waals surface area contributed by atoms with Crippen molar-refractivity contribution in [1.82, 2.24) is 14.9 Å². The van der Waals surface area contributed by atoms with E-state index >= 15 is 0 Å². The van der Waals surface area contributed by atoms with Gasteiger partial charge in [0.2, 0.25) is 5.91 Å². The first kappa shape index (κ1) is 25.2. The van der Waals surface area contributed by atoms with Crippen LogP contribution in [0.4, 0.5) is 15.9 Å². The fraction of sp³-hybridized carbons (Fsp3) is 0.370. The van der Waals surface area contributed by atoms with E-state index in [2.05, 4.69) is 21.9 Å². The zero-order chi connectivity index (χ0) is 26.7. The summed E-state index contributed by atoms with van der Waals surface area (Å²) in [6.45, 7) is 3.93. The van der Waals surface area contributed by atoms with Crippen molar-refractivity contribution in [2.45, 2.75) is 49.3 Å². The fourth-order valence-electron chi connectivity index (χ4n) is 6.39. The molecular formula is C27H25Cl2FN4O4. The minimum atomic E-state index is -0.691. The summed E-state index contributed by atoms with van der Waals surface area (Å²) in [5.74, 6) is 0.612. The van der Waals surface area contributed by atoms with Crippen molar-refractivity contribution in [3.63, 3.8) is 0 Å². The smallest absolute Gasteiger partial charge is 0.246 e. The number of aromatic nitrogens is 2. The molecule has 0 spiro atoms. The lowest BCUT2D eigenvalue weighted by Gasteiger charge is -2.82. The minimum Gasteiger partial charge on any atom is -0.490 e.